The quantitative estimate of drug-likeness (QED) is 0.788. The van der Waals surface area contributed by atoms with Crippen molar-refractivity contribution >= 4 is 11.7 Å². The van der Waals surface area contributed by atoms with Crippen molar-refractivity contribution in [2.75, 3.05) is 18.4 Å². The van der Waals surface area contributed by atoms with Crippen LogP contribution in [0.15, 0.2) is 18.5 Å². The molecule has 0 radical (unpaired) electrons. The van der Waals surface area contributed by atoms with E-state index in [0.717, 1.165) is 37.2 Å². The fraction of sp³-hybridized carbons (Fsp3) is 0.500. The van der Waals surface area contributed by atoms with Crippen LogP contribution in [0.5, 0.6) is 0 Å². The molecule has 0 aliphatic carbocycles. The van der Waals surface area contributed by atoms with Crippen molar-refractivity contribution in [1.82, 2.24) is 9.88 Å². The van der Waals surface area contributed by atoms with Crippen LogP contribution in [0.1, 0.15) is 24.8 Å². The first-order chi connectivity index (χ1) is 7.75. The lowest BCUT2D eigenvalue weighted by Crippen LogP contribution is -2.38. The largest absolute Gasteiger partial charge is 0.325 e. The molecule has 1 aliphatic heterocycles. The monoisotopic (exact) mass is 219 g/mol. The predicted octanol–water partition coefficient (Wildman–Crippen LogP) is 2.41. The average Bonchev–Trinajstić information content (AvgIpc) is 2.30. The number of rotatable bonds is 1. The first-order valence-electron chi connectivity index (χ1n) is 5.73. The van der Waals surface area contributed by atoms with Crippen molar-refractivity contribution < 1.29 is 4.79 Å². The highest BCUT2D eigenvalue weighted by Crippen LogP contribution is 2.12. The van der Waals surface area contributed by atoms with Gasteiger partial charge < -0.3 is 10.2 Å². The Bertz CT molecular complexity index is 372. The van der Waals surface area contributed by atoms with Gasteiger partial charge in [0.2, 0.25) is 0 Å². The van der Waals surface area contributed by atoms with Crippen LogP contribution in [0.25, 0.3) is 0 Å². The van der Waals surface area contributed by atoms with E-state index in [1.807, 2.05) is 17.9 Å². The molecular formula is C12H17N3O. The summed E-state index contributed by atoms with van der Waals surface area (Å²) in [5.41, 5.74) is 1.83. The summed E-state index contributed by atoms with van der Waals surface area (Å²) in [6.07, 6.45) is 6.90. The minimum atomic E-state index is -0.00731. The van der Waals surface area contributed by atoms with Crippen LogP contribution >= 0.6 is 0 Å². The summed E-state index contributed by atoms with van der Waals surface area (Å²) in [5.74, 6) is 0. The molecule has 0 spiro atoms. The number of nitrogens with one attached hydrogen (secondary N) is 1. The van der Waals surface area contributed by atoms with Gasteiger partial charge in [-0.3, -0.25) is 4.98 Å². The van der Waals surface area contributed by atoms with Crippen molar-refractivity contribution in [1.29, 1.82) is 0 Å². The standard InChI is InChI=1S/C12H17N3O/c1-10-7-11(9-13-8-10)14-12(16)15-5-3-2-4-6-15/h7-9H,2-6H2,1H3,(H,14,16). The third-order valence-corrected chi connectivity index (χ3v) is 2.77. The summed E-state index contributed by atoms with van der Waals surface area (Å²) in [5, 5.41) is 2.88. The van der Waals surface area contributed by atoms with Crippen LogP contribution in [0.4, 0.5) is 10.5 Å². The highest BCUT2D eigenvalue weighted by molar-refractivity contribution is 5.89. The van der Waals surface area contributed by atoms with Gasteiger partial charge in [-0.2, -0.15) is 0 Å². The van der Waals surface area contributed by atoms with Gasteiger partial charge in [-0.1, -0.05) is 0 Å². The smallest absolute Gasteiger partial charge is 0.321 e. The molecule has 1 aromatic heterocycles. The van der Waals surface area contributed by atoms with Gasteiger partial charge in [0.15, 0.2) is 0 Å². The van der Waals surface area contributed by atoms with Gasteiger partial charge in [0, 0.05) is 19.3 Å². The number of carbonyl (C=O) groups is 1. The molecule has 1 saturated heterocycles. The van der Waals surface area contributed by atoms with Gasteiger partial charge in [0.1, 0.15) is 0 Å². The number of anilines is 1. The maximum atomic E-state index is 11.9. The molecule has 1 N–H and O–H groups in total. The number of piperidine rings is 1. The second-order valence-corrected chi connectivity index (χ2v) is 4.23. The van der Waals surface area contributed by atoms with Gasteiger partial charge in [-0.15, -0.1) is 0 Å². The summed E-state index contributed by atoms with van der Waals surface area (Å²) in [6.45, 7) is 3.69. The van der Waals surface area contributed by atoms with E-state index >= 15 is 0 Å². The second-order valence-electron chi connectivity index (χ2n) is 4.23. The molecule has 0 unspecified atom stereocenters. The zero-order chi connectivity index (χ0) is 11.4. The number of likely N-dealkylation sites (tertiary alicyclic amines) is 1. The van der Waals surface area contributed by atoms with Crippen LogP contribution in [0.2, 0.25) is 0 Å². The van der Waals surface area contributed by atoms with Gasteiger partial charge in [0.05, 0.1) is 11.9 Å². The topological polar surface area (TPSA) is 45.2 Å². The van der Waals surface area contributed by atoms with Crippen LogP contribution < -0.4 is 5.32 Å². The maximum absolute atomic E-state index is 11.9. The molecule has 2 rings (SSSR count). The fourth-order valence-corrected chi connectivity index (χ4v) is 1.92. The highest BCUT2D eigenvalue weighted by Gasteiger charge is 2.16. The Labute approximate surface area is 95.7 Å². The van der Waals surface area contributed by atoms with Crippen molar-refractivity contribution in [3.05, 3.63) is 24.0 Å². The molecule has 2 amide bonds. The highest BCUT2D eigenvalue weighted by atomic mass is 16.2. The number of aryl methyl sites for hydroxylation is 1. The second kappa shape index (κ2) is 4.96. The molecule has 4 heteroatoms. The first-order valence-corrected chi connectivity index (χ1v) is 5.73. The Balaban J connectivity index is 1.96. The van der Waals surface area contributed by atoms with Crippen LogP contribution in [0, 0.1) is 6.92 Å². The molecule has 16 heavy (non-hydrogen) atoms. The summed E-state index contributed by atoms with van der Waals surface area (Å²) in [4.78, 5) is 17.8. The number of urea groups is 1. The van der Waals surface area contributed by atoms with E-state index < -0.39 is 0 Å². The number of pyridine rings is 1. The molecule has 0 saturated carbocycles. The maximum Gasteiger partial charge on any atom is 0.321 e. The SMILES string of the molecule is Cc1cncc(NC(=O)N2CCCCC2)c1. The summed E-state index contributed by atoms with van der Waals surface area (Å²) in [7, 11) is 0. The van der Waals surface area contributed by atoms with Crippen LogP contribution in [0.3, 0.4) is 0 Å². The molecule has 0 bridgehead atoms. The summed E-state index contributed by atoms with van der Waals surface area (Å²) < 4.78 is 0. The minimum absolute atomic E-state index is 0.00731. The zero-order valence-electron chi connectivity index (χ0n) is 9.57. The molecule has 1 aromatic rings. The number of amides is 2. The minimum Gasteiger partial charge on any atom is -0.325 e. The molecule has 4 nitrogen and oxygen atoms in total. The Kier molecular flexibility index (Phi) is 3.39. The van der Waals surface area contributed by atoms with E-state index in [0.29, 0.717) is 0 Å². The number of aromatic nitrogens is 1. The molecule has 0 atom stereocenters. The van der Waals surface area contributed by atoms with Crippen molar-refractivity contribution in [2.24, 2.45) is 0 Å². The lowest BCUT2D eigenvalue weighted by molar-refractivity contribution is 0.200. The number of hydrogen-bond acceptors (Lipinski definition) is 2. The van der Waals surface area contributed by atoms with Gasteiger partial charge >= 0.3 is 6.03 Å². The Morgan fingerprint density at radius 2 is 2.06 bits per heavy atom. The number of hydrogen-bond donors (Lipinski definition) is 1. The van der Waals surface area contributed by atoms with Gasteiger partial charge in [0.25, 0.3) is 0 Å². The van der Waals surface area contributed by atoms with Crippen molar-refractivity contribution in [3.63, 3.8) is 0 Å². The van der Waals surface area contributed by atoms with Crippen LogP contribution in [-0.2, 0) is 0 Å². The summed E-state index contributed by atoms with van der Waals surface area (Å²) >= 11 is 0. The van der Waals surface area contributed by atoms with Crippen molar-refractivity contribution in [3.8, 4) is 0 Å². The zero-order valence-corrected chi connectivity index (χ0v) is 9.57. The molecule has 0 aromatic carbocycles. The molecular weight excluding hydrogens is 202 g/mol. The van der Waals surface area contributed by atoms with Gasteiger partial charge in [-0.05, 0) is 37.8 Å². The first kappa shape index (κ1) is 10.9. The number of carbonyl (C=O) groups excluding carboxylic acids is 1. The van der Waals surface area contributed by atoms with E-state index in [4.69, 9.17) is 0 Å². The number of nitrogens with zero attached hydrogens (tertiary/aromatic N) is 2. The average molecular weight is 219 g/mol. The Morgan fingerprint density at radius 1 is 1.31 bits per heavy atom. The predicted molar refractivity (Wildman–Crippen MR) is 63.4 cm³/mol. The van der Waals surface area contributed by atoms with E-state index in [9.17, 15) is 4.79 Å². The summed E-state index contributed by atoms with van der Waals surface area (Å²) in [6, 6.07) is 1.92. The third-order valence-electron chi connectivity index (χ3n) is 2.77. The van der Waals surface area contributed by atoms with E-state index in [1.165, 1.54) is 6.42 Å². The Morgan fingerprint density at radius 3 is 2.75 bits per heavy atom. The fourth-order valence-electron chi connectivity index (χ4n) is 1.92. The molecule has 1 aliphatic rings. The van der Waals surface area contributed by atoms with E-state index in [2.05, 4.69) is 10.3 Å². The molecule has 2 heterocycles. The Hall–Kier alpha value is -1.58. The molecule has 1 fully saturated rings. The van der Waals surface area contributed by atoms with Crippen LogP contribution in [-0.4, -0.2) is 29.0 Å². The van der Waals surface area contributed by atoms with E-state index in [1.54, 1.807) is 12.4 Å². The normalized spacial score (nSPS) is 15.9. The lowest BCUT2D eigenvalue weighted by Gasteiger charge is -2.26. The van der Waals surface area contributed by atoms with Gasteiger partial charge in [-0.25, -0.2) is 4.79 Å². The van der Waals surface area contributed by atoms with Crippen molar-refractivity contribution in [2.45, 2.75) is 26.2 Å². The third kappa shape index (κ3) is 2.72. The molecule has 86 valence electrons. The lowest BCUT2D eigenvalue weighted by atomic mass is 10.1. The van der Waals surface area contributed by atoms with E-state index in [-0.39, 0.29) is 6.03 Å².